The minimum atomic E-state index is -0.809. The summed E-state index contributed by atoms with van der Waals surface area (Å²) in [5.74, 6) is -1.12. The topological polar surface area (TPSA) is 82.5 Å². The molecule has 1 aliphatic heterocycles. The molecule has 0 radical (unpaired) electrons. The molecule has 1 saturated carbocycles. The maximum Gasteiger partial charge on any atom is 0.323 e. The Kier molecular flexibility index (Phi) is 3.68. The van der Waals surface area contributed by atoms with Crippen LogP contribution in [0.25, 0.3) is 10.2 Å². The van der Waals surface area contributed by atoms with E-state index in [1.807, 2.05) is 0 Å². The monoisotopic (exact) mass is 363 g/mol. The number of carboxylic acid groups (broad SMARTS) is 1. The summed E-state index contributed by atoms with van der Waals surface area (Å²) >= 11 is 1.28. The zero-order chi connectivity index (χ0) is 17.8. The smallest absolute Gasteiger partial charge is 0.323 e. The first-order chi connectivity index (χ1) is 11.9. The molecular weight excluding hydrogens is 345 g/mol. The fourth-order valence-electron chi connectivity index (χ4n) is 4.07. The van der Waals surface area contributed by atoms with E-state index in [0.29, 0.717) is 29.2 Å². The predicted octanol–water partition coefficient (Wildman–Crippen LogP) is 3.46. The number of nitrogens with one attached hydrogen (secondary N) is 1. The van der Waals surface area contributed by atoms with Crippen LogP contribution in [0.2, 0.25) is 0 Å². The highest BCUT2D eigenvalue weighted by Crippen LogP contribution is 2.49. The maximum absolute atomic E-state index is 13.6. The van der Waals surface area contributed by atoms with Gasteiger partial charge in [-0.15, -0.1) is 0 Å². The van der Waals surface area contributed by atoms with Crippen LogP contribution in [0, 0.1) is 24.1 Å². The van der Waals surface area contributed by atoms with Crippen molar-refractivity contribution in [2.45, 2.75) is 26.2 Å². The molecule has 2 atom stereocenters. The van der Waals surface area contributed by atoms with Gasteiger partial charge in [-0.05, 0) is 37.3 Å². The number of aliphatic carboxylic acids is 1. The number of amides is 2. The molecule has 25 heavy (non-hydrogen) atoms. The van der Waals surface area contributed by atoms with Gasteiger partial charge in [-0.3, -0.25) is 10.1 Å². The Balaban J connectivity index is 1.52. The van der Waals surface area contributed by atoms with Crippen molar-refractivity contribution in [2.24, 2.45) is 11.3 Å². The number of halogens is 1. The normalized spacial score (nSPS) is 25.4. The lowest BCUT2D eigenvalue weighted by molar-refractivity contribution is -0.149. The molecular formula is C17H18FN3O3S. The summed E-state index contributed by atoms with van der Waals surface area (Å²) in [7, 11) is 0. The number of anilines is 1. The lowest BCUT2D eigenvalue weighted by atomic mass is 9.81. The van der Waals surface area contributed by atoms with E-state index in [9.17, 15) is 19.1 Å². The Morgan fingerprint density at radius 2 is 2.28 bits per heavy atom. The number of thiazole rings is 1. The zero-order valence-corrected chi connectivity index (χ0v) is 14.5. The largest absolute Gasteiger partial charge is 0.481 e. The van der Waals surface area contributed by atoms with Gasteiger partial charge in [0.15, 0.2) is 5.13 Å². The molecule has 1 aromatic carbocycles. The van der Waals surface area contributed by atoms with Crippen molar-refractivity contribution in [2.75, 3.05) is 18.4 Å². The minimum Gasteiger partial charge on any atom is -0.481 e. The summed E-state index contributed by atoms with van der Waals surface area (Å²) in [4.78, 5) is 30.1. The number of likely N-dealkylation sites (tertiary alicyclic amines) is 1. The second-order valence-corrected chi connectivity index (χ2v) is 7.98. The predicted molar refractivity (Wildman–Crippen MR) is 92.3 cm³/mol. The summed E-state index contributed by atoms with van der Waals surface area (Å²) in [6.45, 7) is 2.37. The average molecular weight is 363 g/mol. The molecule has 2 aliphatic rings. The van der Waals surface area contributed by atoms with Gasteiger partial charge in [0.05, 0.1) is 15.6 Å². The second-order valence-electron chi connectivity index (χ2n) is 6.95. The van der Waals surface area contributed by atoms with Crippen LogP contribution >= 0.6 is 11.3 Å². The van der Waals surface area contributed by atoms with E-state index >= 15 is 0 Å². The molecule has 6 nitrogen and oxygen atoms in total. The van der Waals surface area contributed by atoms with Gasteiger partial charge in [0.2, 0.25) is 0 Å². The van der Waals surface area contributed by atoms with Gasteiger partial charge in [-0.1, -0.05) is 17.8 Å². The van der Waals surface area contributed by atoms with E-state index in [1.54, 1.807) is 17.9 Å². The molecule has 132 valence electrons. The van der Waals surface area contributed by atoms with E-state index in [0.717, 1.165) is 17.5 Å². The molecule has 1 saturated heterocycles. The lowest BCUT2D eigenvalue weighted by Gasteiger charge is -2.23. The van der Waals surface area contributed by atoms with Crippen LogP contribution in [0.3, 0.4) is 0 Å². The van der Waals surface area contributed by atoms with Gasteiger partial charge >= 0.3 is 12.0 Å². The van der Waals surface area contributed by atoms with E-state index in [1.165, 1.54) is 17.4 Å². The van der Waals surface area contributed by atoms with Gasteiger partial charge in [0.1, 0.15) is 5.82 Å². The van der Waals surface area contributed by atoms with Crippen LogP contribution in [-0.2, 0) is 4.79 Å². The molecule has 1 aromatic heterocycles. The van der Waals surface area contributed by atoms with Gasteiger partial charge < -0.3 is 10.0 Å². The van der Waals surface area contributed by atoms with Crippen molar-refractivity contribution < 1.29 is 19.1 Å². The zero-order valence-electron chi connectivity index (χ0n) is 13.7. The molecule has 2 fully saturated rings. The highest BCUT2D eigenvalue weighted by atomic mass is 32.1. The van der Waals surface area contributed by atoms with E-state index < -0.39 is 11.4 Å². The van der Waals surface area contributed by atoms with Crippen molar-refractivity contribution in [3.63, 3.8) is 0 Å². The molecule has 0 unspecified atom stereocenters. The third kappa shape index (κ3) is 2.55. The summed E-state index contributed by atoms with van der Waals surface area (Å²) < 4.78 is 14.4. The Labute approximate surface area is 147 Å². The number of carbonyl (C=O) groups excluding carboxylic acids is 1. The number of fused-ring (bicyclic) bond motifs is 2. The fourth-order valence-corrected chi connectivity index (χ4v) is 5.00. The molecule has 4 rings (SSSR count). The molecule has 2 N–H and O–H groups in total. The first-order valence-electron chi connectivity index (χ1n) is 8.25. The molecule has 2 amide bonds. The summed E-state index contributed by atoms with van der Waals surface area (Å²) in [5, 5.41) is 12.7. The van der Waals surface area contributed by atoms with Crippen molar-refractivity contribution in [3.05, 3.63) is 23.5 Å². The summed E-state index contributed by atoms with van der Waals surface area (Å²) in [5.41, 5.74) is 0.235. The van der Waals surface area contributed by atoms with Crippen LogP contribution in [0.4, 0.5) is 14.3 Å². The number of nitrogens with zero attached hydrogens (tertiary/aromatic N) is 2. The first kappa shape index (κ1) is 16.3. The number of hydrogen-bond acceptors (Lipinski definition) is 4. The molecule has 0 bridgehead atoms. The van der Waals surface area contributed by atoms with E-state index in [-0.39, 0.29) is 24.3 Å². The highest BCUT2D eigenvalue weighted by Gasteiger charge is 2.55. The number of benzene rings is 1. The maximum atomic E-state index is 13.6. The molecule has 2 heterocycles. The number of aromatic nitrogens is 1. The van der Waals surface area contributed by atoms with E-state index in [2.05, 4.69) is 10.3 Å². The molecule has 0 spiro atoms. The van der Waals surface area contributed by atoms with Crippen LogP contribution in [0.5, 0.6) is 0 Å². The second kappa shape index (κ2) is 5.66. The Morgan fingerprint density at radius 1 is 1.48 bits per heavy atom. The molecule has 8 heteroatoms. The van der Waals surface area contributed by atoms with Crippen molar-refractivity contribution in [1.29, 1.82) is 0 Å². The highest BCUT2D eigenvalue weighted by molar-refractivity contribution is 7.22. The number of hydrogen-bond donors (Lipinski definition) is 2. The summed E-state index contributed by atoms with van der Waals surface area (Å²) in [6, 6.07) is 2.72. The number of rotatable bonds is 2. The van der Waals surface area contributed by atoms with Crippen molar-refractivity contribution in [3.8, 4) is 0 Å². The third-order valence-corrected chi connectivity index (χ3v) is 6.40. The third-order valence-electron chi connectivity index (χ3n) is 5.47. The van der Waals surface area contributed by atoms with Crippen molar-refractivity contribution >= 4 is 38.7 Å². The van der Waals surface area contributed by atoms with Crippen LogP contribution in [0.1, 0.15) is 24.8 Å². The van der Waals surface area contributed by atoms with Crippen molar-refractivity contribution in [1.82, 2.24) is 9.88 Å². The average Bonchev–Trinajstić information content (AvgIpc) is 3.19. The molecule has 1 aliphatic carbocycles. The van der Waals surface area contributed by atoms with Crippen LogP contribution in [-0.4, -0.2) is 40.1 Å². The van der Waals surface area contributed by atoms with Crippen LogP contribution < -0.4 is 5.32 Å². The number of carboxylic acids is 1. The minimum absolute atomic E-state index is 0.0165. The van der Waals surface area contributed by atoms with Gasteiger partial charge in [0, 0.05) is 19.2 Å². The van der Waals surface area contributed by atoms with Gasteiger partial charge in [0.25, 0.3) is 0 Å². The SMILES string of the molecule is Cc1cc2sc(NC(=O)N3C[C@@H]4CCC[C@@]4(C(=O)O)C3)nc2cc1F. The Hall–Kier alpha value is -2.22. The van der Waals surface area contributed by atoms with E-state index in [4.69, 9.17) is 0 Å². The number of aryl methyl sites for hydroxylation is 1. The van der Waals surface area contributed by atoms with Crippen LogP contribution in [0.15, 0.2) is 12.1 Å². The number of urea groups is 1. The quantitative estimate of drug-likeness (QED) is 0.856. The lowest BCUT2D eigenvalue weighted by Crippen LogP contribution is -2.38. The first-order valence-corrected chi connectivity index (χ1v) is 9.07. The number of carbonyl (C=O) groups is 2. The molecule has 2 aromatic rings. The summed E-state index contributed by atoms with van der Waals surface area (Å²) in [6.07, 6.45) is 2.36. The standard InChI is InChI=1S/C17H18FN3O3S/c1-9-5-13-12(6-11(9)18)19-15(25-13)20-16(24)21-7-10-3-2-4-17(10,8-21)14(22)23/h5-6,10H,2-4,7-8H2,1H3,(H,22,23)(H,19,20,24)/t10-,17+/m0/s1. The fraction of sp³-hybridized carbons (Fsp3) is 0.471. The van der Waals surface area contributed by atoms with Gasteiger partial charge in [-0.2, -0.15) is 0 Å². The van der Waals surface area contributed by atoms with Gasteiger partial charge in [-0.25, -0.2) is 14.2 Å². The Morgan fingerprint density at radius 3 is 3.00 bits per heavy atom. The Bertz CT molecular complexity index is 844.